The molecular weight excluding hydrogens is 420 g/mol. The molecule has 0 bridgehead atoms. The van der Waals surface area contributed by atoms with Crippen LogP contribution in [-0.4, -0.2) is 29.3 Å². The fraction of sp³-hybridized carbons (Fsp3) is 0.500. The number of nitrogens with zero attached hydrogens (tertiary/aromatic N) is 6. The van der Waals surface area contributed by atoms with E-state index in [2.05, 4.69) is 35.2 Å². The molecule has 3 aromatic heterocycles. The summed E-state index contributed by atoms with van der Waals surface area (Å²) in [6.07, 6.45) is 18.8. The average molecular weight is 463 g/mol. The first kappa shape index (κ1) is 27.2. The lowest BCUT2D eigenvalue weighted by molar-refractivity contribution is 0.451. The summed E-state index contributed by atoms with van der Waals surface area (Å²) in [6, 6.07) is 4.07. The molecule has 1 fully saturated rings. The predicted octanol–water partition coefficient (Wildman–Crippen LogP) is 7.32. The molecule has 0 saturated heterocycles. The van der Waals surface area contributed by atoms with E-state index in [0.717, 1.165) is 53.8 Å². The zero-order chi connectivity index (χ0) is 24.9. The van der Waals surface area contributed by atoms with Crippen molar-refractivity contribution in [3.63, 3.8) is 0 Å². The van der Waals surface area contributed by atoms with Crippen LogP contribution in [-0.2, 0) is 6.54 Å². The normalized spacial score (nSPS) is 16.0. The minimum atomic E-state index is 0.372. The summed E-state index contributed by atoms with van der Waals surface area (Å²) in [5, 5.41) is 4.63. The lowest BCUT2D eigenvalue weighted by atomic mass is 9.99. The highest BCUT2D eigenvalue weighted by Crippen LogP contribution is 2.27. The maximum absolute atomic E-state index is 4.73. The molecule has 1 saturated carbocycles. The van der Waals surface area contributed by atoms with Gasteiger partial charge < -0.3 is 4.57 Å². The number of hydrogen-bond acceptors (Lipinski definition) is 4. The number of aromatic nitrogens is 6. The smallest absolute Gasteiger partial charge is 0.174 e. The maximum Gasteiger partial charge on any atom is 0.174 e. The Balaban J connectivity index is 0.000000519. The first-order valence-corrected chi connectivity index (χ1v) is 12.9. The molecule has 4 heterocycles. The van der Waals surface area contributed by atoms with Gasteiger partial charge in [-0.25, -0.2) is 14.6 Å². The number of aryl methyl sites for hydroxylation is 3. The minimum absolute atomic E-state index is 0.372. The third-order valence-electron chi connectivity index (χ3n) is 5.18. The molecule has 1 aliphatic heterocycles. The molecule has 2 aliphatic rings. The Kier molecular flexibility index (Phi) is 11.4. The van der Waals surface area contributed by atoms with Gasteiger partial charge in [-0.15, -0.1) is 0 Å². The number of imidazole rings is 1. The van der Waals surface area contributed by atoms with Crippen LogP contribution in [0.3, 0.4) is 0 Å². The molecule has 184 valence electrons. The molecule has 1 unspecified atom stereocenters. The molecule has 0 amide bonds. The Morgan fingerprint density at radius 3 is 2.26 bits per heavy atom. The third kappa shape index (κ3) is 7.79. The van der Waals surface area contributed by atoms with Crippen LogP contribution in [0.1, 0.15) is 101 Å². The van der Waals surface area contributed by atoms with Gasteiger partial charge in [-0.2, -0.15) is 5.10 Å². The molecule has 5 rings (SSSR count). The zero-order valence-electron chi connectivity index (χ0n) is 22.1. The number of hydrogen-bond donors (Lipinski definition) is 0. The second-order valence-electron chi connectivity index (χ2n) is 7.98. The first-order valence-electron chi connectivity index (χ1n) is 12.9. The van der Waals surface area contributed by atoms with Crippen molar-refractivity contribution in [2.75, 3.05) is 0 Å². The van der Waals surface area contributed by atoms with Gasteiger partial charge in [-0.1, -0.05) is 59.1 Å². The Labute approximate surface area is 205 Å². The monoisotopic (exact) mass is 462 g/mol. The van der Waals surface area contributed by atoms with Crippen LogP contribution in [0.4, 0.5) is 0 Å². The van der Waals surface area contributed by atoms with Gasteiger partial charge in [0.15, 0.2) is 5.82 Å². The average Bonchev–Trinajstić information content (AvgIpc) is 3.59. The molecule has 0 spiro atoms. The second-order valence-corrected chi connectivity index (χ2v) is 7.98. The molecule has 3 aromatic rings. The number of fused-ring (bicyclic) bond motifs is 1. The fourth-order valence-corrected chi connectivity index (χ4v) is 3.54. The summed E-state index contributed by atoms with van der Waals surface area (Å²) in [5.74, 6) is 2.18. The van der Waals surface area contributed by atoms with E-state index in [1.165, 1.54) is 19.3 Å². The maximum atomic E-state index is 4.73. The summed E-state index contributed by atoms with van der Waals surface area (Å²) < 4.78 is 4.04. The van der Waals surface area contributed by atoms with Crippen molar-refractivity contribution in [3.05, 3.63) is 65.5 Å². The van der Waals surface area contributed by atoms with Crippen molar-refractivity contribution in [2.24, 2.45) is 0 Å². The molecule has 6 nitrogen and oxygen atoms in total. The van der Waals surface area contributed by atoms with E-state index in [-0.39, 0.29) is 0 Å². The van der Waals surface area contributed by atoms with Crippen LogP contribution < -0.4 is 0 Å². The summed E-state index contributed by atoms with van der Waals surface area (Å²) >= 11 is 0. The van der Waals surface area contributed by atoms with E-state index in [9.17, 15) is 0 Å². The van der Waals surface area contributed by atoms with E-state index >= 15 is 0 Å². The Bertz CT molecular complexity index is 1050. The van der Waals surface area contributed by atoms with E-state index in [1.54, 1.807) is 0 Å². The van der Waals surface area contributed by atoms with Gasteiger partial charge >= 0.3 is 0 Å². The minimum Gasteiger partial charge on any atom is -0.304 e. The van der Waals surface area contributed by atoms with Gasteiger partial charge in [0.1, 0.15) is 5.82 Å². The Morgan fingerprint density at radius 1 is 0.941 bits per heavy atom. The van der Waals surface area contributed by atoms with Gasteiger partial charge in [0.05, 0.1) is 29.1 Å². The molecule has 34 heavy (non-hydrogen) atoms. The lowest BCUT2D eigenvalue weighted by Crippen LogP contribution is -2.15. The molecule has 0 aromatic carbocycles. The largest absolute Gasteiger partial charge is 0.304 e. The van der Waals surface area contributed by atoms with Gasteiger partial charge in [-0.3, -0.25) is 4.98 Å². The number of rotatable bonds is 4. The number of pyridine rings is 1. The highest BCUT2D eigenvalue weighted by Gasteiger charge is 2.21. The van der Waals surface area contributed by atoms with Gasteiger partial charge in [0.2, 0.25) is 0 Å². The van der Waals surface area contributed by atoms with Crippen molar-refractivity contribution >= 4 is 12.2 Å². The van der Waals surface area contributed by atoms with Crippen molar-refractivity contribution in [3.8, 4) is 5.69 Å². The van der Waals surface area contributed by atoms with Crippen molar-refractivity contribution < 1.29 is 0 Å². The topological polar surface area (TPSA) is 61.4 Å². The van der Waals surface area contributed by atoms with E-state index in [1.807, 2.05) is 81.5 Å². The van der Waals surface area contributed by atoms with Gasteiger partial charge in [-0.05, 0) is 57.9 Å². The molecule has 0 radical (unpaired) electrons. The van der Waals surface area contributed by atoms with Crippen LogP contribution >= 0.6 is 0 Å². The van der Waals surface area contributed by atoms with E-state index < -0.39 is 0 Å². The van der Waals surface area contributed by atoms with Crippen LogP contribution in [0.2, 0.25) is 0 Å². The summed E-state index contributed by atoms with van der Waals surface area (Å²) in [4.78, 5) is 13.7. The highest BCUT2D eigenvalue weighted by atomic mass is 15.4. The lowest BCUT2D eigenvalue weighted by Gasteiger charge is -2.18. The van der Waals surface area contributed by atoms with Gasteiger partial charge in [0, 0.05) is 18.7 Å². The third-order valence-corrected chi connectivity index (χ3v) is 5.18. The molecule has 1 atom stereocenters. The van der Waals surface area contributed by atoms with E-state index in [0.29, 0.717) is 5.92 Å². The van der Waals surface area contributed by atoms with Crippen LogP contribution in [0.15, 0.2) is 36.8 Å². The zero-order valence-corrected chi connectivity index (χ0v) is 22.1. The fourth-order valence-electron chi connectivity index (χ4n) is 3.54. The second kappa shape index (κ2) is 14.3. The highest BCUT2D eigenvalue weighted by molar-refractivity contribution is 5.65. The SMILES string of the molecule is C/C=C/C1CCCn2nc(/C=C/c3ccc(-n4cnc(C)c4)c(C)n3)nc21.C1CC1.CC.CC. The first-order chi connectivity index (χ1) is 16.6. The van der Waals surface area contributed by atoms with Crippen LogP contribution in [0, 0.1) is 13.8 Å². The number of allylic oxidation sites excluding steroid dienone is 2. The van der Waals surface area contributed by atoms with Gasteiger partial charge in [0.25, 0.3) is 0 Å². The summed E-state index contributed by atoms with van der Waals surface area (Å²) in [5.41, 5.74) is 3.88. The summed E-state index contributed by atoms with van der Waals surface area (Å²) in [7, 11) is 0. The molecule has 6 heteroatoms. The molecule has 1 aliphatic carbocycles. The molecule has 0 N–H and O–H groups in total. The Hall–Kier alpha value is -3.02. The van der Waals surface area contributed by atoms with Crippen molar-refractivity contribution in [1.82, 2.24) is 29.3 Å². The summed E-state index contributed by atoms with van der Waals surface area (Å²) in [6.45, 7) is 15.0. The van der Waals surface area contributed by atoms with Crippen molar-refractivity contribution in [1.29, 1.82) is 0 Å². The van der Waals surface area contributed by atoms with Crippen LogP contribution in [0.5, 0.6) is 0 Å². The predicted molar refractivity (Wildman–Crippen MR) is 143 cm³/mol. The standard InChI is InChI=1S/C21H24N6.C3H6.2C2H6/c1-4-6-17-7-5-12-27-21(17)24-20(25-27)11-9-18-8-10-19(16(3)23-18)26-13-15(2)22-14-26;1-2-3-1;2*1-2/h4,6,8-11,13-14,17H,5,7,12H2,1-3H3;1-3H2;2*1-2H3/b6-4+,11-9+;;;. The van der Waals surface area contributed by atoms with Crippen molar-refractivity contribution in [2.45, 2.75) is 93.0 Å². The Morgan fingerprint density at radius 2 is 1.68 bits per heavy atom. The molecular formula is C28H42N6. The van der Waals surface area contributed by atoms with Crippen LogP contribution in [0.25, 0.3) is 17.8 Å². The quantitative estimate of drug-likeness (QED) is 0.381. The van der Waals surface area contributed by atoms with E-state index in [4.69, 9.17) is 9.97 Å².